The monoisotopic (exact) mass is 348 g/mol. The first-order valence-corrected chi connectivity index (χ1v) is 7.97. The van der Waals surface area contributed by atoms with Gasteiger partial charge in [-0.15, -0.1) is 0 Å². The zero-order chi connectivity index (χ0) is 18.4. The Kier molecular flexibility index (Phi) is 5.24. The molecule has 6 nitrogen and oxygen atoms in total. The Labute approximate surface area is 150 Å². The quantitative estimate of drug-likeness (QED) is 0.531. The lowest BCUT2D eigenvalue weighted by molar-refractivity contribution is -0.384. The van der Waals surface area contributed by atoms with Crippen LogP contribution in [0.3, 0.4) is 0 Å². The van der Waals surface area contributed by atoms with Crippen LogP contribution in [0.15, 0.2) is 78.9 Å². The van der Waals surface area contributed by atoms with E-state index < -0.39 is 4.92 Å². The molecule has 0 unspecified atom stereocenters. The van der Waals surface area contributed by atoms with Gasteiger partial charge in [-0.2, -0.15) is 0 Å². The predicted octanol–water partition coefficient (Wildman–Crippen LogP) is 4.32. The summed E-state index contributed by atoms with van der Waals surface area (Å²) in [7, 11) is 0. The van der Waals surface area contributed by atoms with Crippen LogP contribution in [-0.4, -0.2) is 10.8 Å². The molecule has 3 aromatic rings. The number of rotatable bonds is 6. The molecule has 0 aromatic heterocycles. The van der Waals surface area contributed by atoms with Gasteiger partial charge in [-0.1, -0.05) is 42.5 Å². The number of ether oxygens (including phenoxy) is 1. The zero-order valence-electron chi connectivity index (χ0n) is 13.8. The fourth-order valence-electron chi connectivity index (χ4n) is 2.37. The molecule has 1 N–H and O–H groups in total. The van der Waals surface area contributed by atoms with Crippen LogP contribution in [0.25, 0.3) is 0 Å². The first-order chi connectivity index (χ1) is 12.6. The van der Waals surface area contributed by atoms with Crippen molar-refractivity contribution >= 4 is 11.6 Å². The highest BCUT2D eigenvalue weighted by Crippen LogP contribution is 2.25. The molecular weight excluding hydrogens is 332 g/mol. The molecule has 0 radical (unpaired) electrons. The lowest BCUT2D eigenvalue weighted by Crippen LogP contribution is -2.23. The molecule has 0 saturated carbocycles. The smallest absolute Gasteiger partial charge is 0.269 e. The number of nitrogens with zero attached hydrogens (tertiary/aromatic N) is 1. The fraction of sp³-hybridized carbons (Fsp3) is 0.0500. The van der Waals surface area contributed by atoms with Crippen LogP contribution in [-0.2, 0) is 6.54 Å². The van der Waals surface area contributed by atoms with E-state index in [-0.39, 0.29) is 18.1 Å². The minimum absolute atomic E-state index is 0.0154. The summed E-state index contributed by atoms with van der Waals surface area (Å²) in [4.78, 5) is 22.7. The van der Waals surface area contributed by atoms with Crippen LogP contribution in [0, 0.1) is 10.1 Å². The summed E-state index contributed by atoms with van der Waals surface area (Å²) in [5, 5.41) is 13.5. The van der Waals surface area contributed by atoms with Gasteiger partial charge in [0, 0.05) is 18.7 Å². The largest absolute Gasteiger partial charge is 0.457 e. The van der Waals surface area contributed by atoms with Crippen LogP contribution < -0.4 is 10.1 Å². The number of carbonyl (C=O) groups is 1. The third-order valence-corrected chi connectivity index (χ3v) is 3.70. The molecule has 0 aliphatic heterocycles. The van der Waals surface area contributed by atoms with E-state index >= 15 is 0 Å². The molecule has 0 heterocycles. The Morgan fingerprint density at radius 2 is 1.58 bits per heavy atom. The summed E-state index contributed by atoms with van der Waals surface area (Å²) in [5.74, 6) is 0.818. The minimum Gasteiger partial charge on any atom is -0.457 e. The molecule has 0 saturated heterocycles. The molecule has 3 rings (SSSR count). The summed E-state index contributed by atoms with van der Waals surface area (Å²) in [6.07, 6.45) is 0. The van der Waals surface area contributed by atoms with Gasteiger partial charge in [0.2, 0.25) is 0 Å². The van der Waals surface area contributed by atoms with E-state index in [4.69, 9.17) is 4.74 Å². The van der Waals surface area contributed by atoms with Crippen LogP contribution in [0.1, 0.15) is 15.9 Å². The molecule has 0 aliphatic carbocycles. The first-order valence-electron chi connectivity index (χ1n) is 7.97. The van der Waals surface area contributed by atoms with E-state index in [1.54, 1.807) is 36.4 Å². The molecule has 26 heavy (non-hydrogen) atoms. The van der Waals surface area contributed by atoms with Crippen LogP contribution in [0.5, 0.6) is 11.5 Å². The predicted molar refractivity (Wildman–Crippen MR) is 97.2 cm³/mol. The third-order valence-electron chi connectivity index (χ3n) is 3.70. The van der Waals surface area contributed by atoms with Crippen molar-refractivity contribution in [2.24, 2.45) is 0 Å². The maximum Gasteiger partial charge on any atom is 0.269 e. The van der Waals surface area contributed by atoms with E-state index in [9.17, 15) is 14.9 Å². The Bertz CT molecular complexity index is 909. The summed E-state index contributed by atoms with van der Waals surface area (Å²) >= 11 is 0. The zero-order valence-corrected chi connectivity index (χ0v) is 13.8. The van der Waals surface area contributed by atoms with Gasteiger partial charge in [0.25, 0.3) is 11.6 Å². The second-order valence-electron chi connectivity index (χ2n) is 5.52. The lowest BCUT2D eigenvalue weighted by atomic mass is 10.1. The van der Waals surface area contributed by atoms with Gasteiger partial charge >= 0.3 is 0 Å². The van der Waals surface area contributed by atoms with Gasteiger partial charge in [0.1, 0.15) is 11.5 Å². The highest BCUT2D eigenvalue weighted by atomic mass is 16.6. The van der Waals surface area contributed by atoms with Crippen molar-refractivity contribution in [2.45, 2.75) is 6.54 Å². The second-order valence-corrected chi connectivity index (χ2v) is 5.52. The van der Waals surface area contributed by atoms with Crippen molar-refractivity contribution in [3.05, 3.63) is 100 Å². The van der Waals surface area contributed by atoms with E-state index in [0.29, 0.717) is 17.1 Å². The molecular formula is C20H16N2O4. The molecule has 1 amide bonds. The summed E-state index contributed by atoms with van der Waals surface area (Å²) < 4.78 is 5.79. The number of non-ortho nitro benzene ring substituents is 1. The Morgan fingerprint density at radius 1 is 0.923 bits per heavy atom. The molecule has 0 fully saturated rings. The van der Waals surface area contributed by atoms with Gasteiger partial charge in [-0.3, -0.25) is 14.9 Å². The molecule has 0 bridgehead atoms. The standard InChI is InChI=1S/C20H16N2O4/c23-20(21-14-15-10-12-16(13-11-15)22(24)25)18-8-4-5-9-19(18)26-17-6-2-1-3-7-17/h1-13H,14H2,(H,21,23). The van der Waals surface area contributed by atoms with Gasteiger partial charge in [-0.05, 0) is 29.8 Å². The van der Waals surface area contributed by atoms with Crippen LogP contribution in [0.4, 0.5) is 5.69 Å². The number of para-hydroxylation sites is 2. The molecule has 0 spiro atoms. The number of nitro benzene ring substituents is 1. The summed E-state index contributed by atoms with van der Waals surface area (Å²) in [6, 6.07) is 22.2. The van der Waals surface area contributed by atoms with Gasteiger partial charge in [0.05, 0.1) is 10.5 Å². The minimum atomic E-state index is -0.459. The number of nitro groups is 1. The first kappa shape index (κ1) is 17.2. The highest BCUT2D eigenvalue weighted by molar-refractivity contribution is 5.96. The fourth-order valence-corrected chi connectivity index (χ4v) is 2.37. The maximum absolute atomic E-state index is 12.5. The number of nitrogens with one attached hydrogen (secondary N) is 1. The average molecular weight is 348 g/mol. The number of amides is 1. The van der Waals surface area contributed by atoms with Crippen molar-refractivity contribution in [1.82, 2.24) is 5.32 Å². The summed E-state index contributed by atoms with van der Waals surface area (Å²) in [5.41, 5.74) is 1.20. The Morgan fingerprint density at radius 3 is 2.27 bits per heavy atom. The molecule has 130 valence electrons. The normalized spacial score (nSPS) is 10.2. The van der Waals surface area contributed by atoms with Crippen molar-refractivity contribution in [3.8, 4) is 11.5 Å². The van der Waals surface area contributed by atoms with E-state index in [1.807, 2.05) is 30.3 Å². The maximum atomic E-state index is 12.5. The Balaban J connectivity index is 1.69. The van der Waals surface area contributed by atoms with Crippen molar-refractivity contribution in [1.29, 1.82) is 0 Å². The number of carbonyl (C=O) groups excluding carboxylic acids is 1. The van der Waals surface area contributed by atoms with Crippen LogP contribution in [0.2, 0.25) is 0 Å². The number of benzene rings is 3. The molecule has 3 aromatic carbocycles. The molecule has 0 atom stereocenters. The molecule has 6 heteroatoms. The lowest BCUT2D eigenvalue weighted by Gasteiger charge is -2.11. The number of hydrogen-bond donors (Lipinski definition) is 1. The van der Waals surface area contributed by atoms with E-state index in [2.05, 4.69) is 5.32 Å². The highest BCUT2D eigenvalue weighted by Gasteiger charge is 2.13. The number of hydrogen-bond acceptors (Lipinski definition) is 4. The van der Waals surface area contributed by atoms with Gasteiger partial charge in [0.15, 0.2) is 0 Å². The SMILES string of the molecule is O=C(NCc1ccc([N+](=O)[O-])cc1)c1ccccc1Oc1ccccc1. The van der Waals surface area contributed by atoms with E-state index in [1.165, 1.54) is 12.1 Å². The Hall–Kier alpha value is -3.67. The summed E-state index contributed by atoms with van der Waals surface area (Å²) in [6.45, 7) is 0.260. The van der Waals surface area contributed by atoms with Crippen molar-refractivity contribution in [3.63, 3.8) is 0 Å². The van der Waals surface area contributed by atoms with E-state index in [0.717, 1.165) is 5.56 Å². The van der Waals surface area contributed by atoms with Gasteiger partial charge in [-0.25, -0.2) is 0 Å². The van der Waals surface area contributed by atoms with Crippen LogP contribution >= 0.6 is 0 Å². The molecule has 0 aliphatic rings. The van der Waals surface area contributed by atoms with Crippen molar-refractivity contribution < 1.29 is 14.5 Å². The average Bonchev–Trinajstić information content (AvgIpc) is 2.67. The van der Waals surface area contributed by atoms with Crippen molar-refractivity contribution in [2.75, 3.05) is 0 Å². The second kappa shape index (κ2) is 7.94. The van der Waals surface area contributed by atoms with Gasteiger partial charge < -0.3 is 10.1 Å². The third kappa shape index (κ3) is 4.24. The topological polar surface area (TPSA) is 81.5 Å².